The molecule has 0 saturated heterocycles. The lowest BCUT2D eigenvalue weighted by Crippen LogP contribution is -2.28. The second kappa shape index (κ2) is 4.69. The lowest BCUT2D eigenvalue weighted by Gasteiger charge is -2.21. The molecule has 0 rings (SSSR count). The van der Waals surface area contributed by atoms with E-state index < -0.39 is 0 Å². The predicted molar refractivity (Wildman–Crippen MR) is 41.6 cm³/mol. The van der Waals surface area contributed by atoms with Crippen LogP contribution in [-0.2, 0) is 9.47 Å². The molecule has 0 heterocycles. The second-order valence-corrected chi connectivity index (χ2v) is 2.96. The number of hydrogen-bond acceptors (Lipinski definition) is 2. The van der Waals surface area contributed by atoms with Gasteiger partial charge in [-0.1, -0.05) is 6.92 Å². The van der Waals surface area contributed by atoms with Crippen LogP contribution in [-0.4, -0.2) is 18.8 Å². The molecule has 0 unspecified atom stereocenters. The Morgan fingerprint density at radius 2 is 2.00 bits per heavy atom. The second-order valence-electron chi connectivity index (χ2n) is 2.96. The first-order chi connectivity index (χ1) is 4.62. The van der Waals surface area contributed by atoms with Gasteiger partial charge in [0.15, 0.2) is 0 Å². The lowest BCUT2D eigenvalue weighted by molar-refractivity contribution is -0.0334. The van der Waals surface area contributed by atoms with Crippen molar-refractivity contribution in [3.05, 3.63) is 7.11 Å². The van der Waals surface area contributed by atoms with E-state index in [2.05, 4.69) is 14.0 Å². The average Bonchev–Trinajstić information content (AvgIpc) is 1.89. The zero-order valence-corrected chi connectivity index (χ0v) is 7.14. The molecule has 1 radical (unpaired) electrons. The Kier molecular flexibility index (Phi) is 4.65. The van der Waals surface area contributed by atoms with Crippen LogP contribution < -0.4 is 0 Å². The first kappa shape index (κ1) is 9.92. The van der Waals surface area contributed by atoms with Crippen LogP contribution in [0.4, 0.5) is 0 Å². The van der Waals surface area contributed by atoms with E-state index in [1.807, 2.05) is 13.8 Å². The summed E-state index contributed by atoms with van der Waals surface area (Å²) in [5.41, 5.74) is -0.241. The Balaban J connectivity index is 3.28. The van der Waals surface area contributed by atoms with Gasteiger partial charge in [0, 0.05) is 6.61 Å². The monoisotopic (exact) mass is 145 g/mol. The summed E-state index contributed by atoms with van der Waals surface area (Å²) in [6.45, 7) is 7.40. The summed E-state index contributed by atoms with van der Waals surface area (Å²) in [4.78, 5) is 0. The first-order valence-corrected chi connectivity index (χ1v) is 3.63. The maximum atomic E-state index is 5.27. The fourth-order valence-corrected chi connectivity index (χ4v) is 0.504. The molecule has 0 spiro atoms. The summed E-state index contributed by atoms with van der Waals surface area (Å²) in [5, 5.41) is 0. The molecule has 0 bridgehead atoms. The van der Waals surface area contributed by atoms with E-state index in [0.29, 0.717) is 6.61 Å². The summed E-state index contributed by atoms with van der Waals surface area (Å²) in [6, 6.07) is 0. The maximum Gasteiger partial charge on any atom is 0.0860 e. The van der Waals surface area contributed by atoms with Gasteiger partial charge in [-0.2, -0.15) is 0 Å². The van der Waals surface area contributed by atoms with E-state index in [0.717, 1.165) is 13.0 Å². The van der Waals surface area contributed by atoms with Crippen molar-refractivity contribution in [1.82, 2.24) is 0 Å². The van der Waals surface area contributed by atoms with E-state index >= 15 is 0 Å². The number of hydrogen-bond donors (Lipinski definition) is 0. The third-order valence-electron chi connectivity index (χ3n) is 1.19. The molecule has 0 N–H and O–H groups in total. The fourth-order valence-electron chi connectivity index (χ4n) is 0.504. The van der Waals surface area contributed by atoms with E-state index in [-0.39, 0.29) is 5.60 Å². The van der Waals surface area contributed by atoms with Crippen LogP contribution >= 0.6 is 0 Å². The molecule has 0 amide bonds. The normalized spacial score (nSPS) is 12.0. The van der Waals surface area contributed by atoms with Gasteiger partial charge in [0.25, 0.3) is 0 Å². The number of ether oxygens (including phenoxy) is 2. The quantitative estimate of drug-likeness (QED) is 0.551. The Morgan fingerprint density at radius 3 is 2.40 bits per heavy atom. The van der Waals surface area contributed by atoms with Crippen LogP contribution in [0.2, 0.25) is 0 Å². The molecule has 61 valence electrons. The molecule has 0 aliphatic carbocycles. The van der Waals surface area contributed by atoms with E-state index in [9.17, 15) is 0 Å². The highest BCUT2D eigenvalue weighted by Gasteiger charge is 2.15. The fraction of sp³-hybridized carbons (Fsp3) is 0.875. The molecular formula is C8H17O2. The van der Waals surface area contributed by atoms with Crippen molar-refractivity contribution < 1.29 is 9.47 Å². The Labute approximate surface area is 63.5 Å². The zero-order chi connectivity index (χ0) is 8.04. The van der Waals surface area contributed by atoms with Crippen molar-refractivity contribution >= 4 is 0 Å². The summed E-state index contributed by atoms with van der Waals surface area (Å²) < 4.78 is 10.2. The van der Waals surface area contributed by atoms with Crippen LogP contribution in [0.1, 0.15) is 27.2 Å². The topological polar surface area (TPSA) is 18.5 Å². The molecule has 0 aromatic carbocycles. The molecule has 0 saturated carbocycles. The van der Waals surface area contributed by atoms with Gasteiger partial charge in [-0.25, -0.2) is 0 Å². The molecule has 10 heavy (non-hydrogen) atoms. The molecule has 0 aliphatic heterocycles. The lowest BCUT2D eigenvalue weighted by atomic mass is 10.1. The third-order valence-corrected chi connectivity index (χ3v) is 1.19. The molecule has 2 heteroatoms. The van der Waals surface area contributed by atoms with Crippen LogP contribution in [0.3, 0.4) is 0 Å². The number of rotatable bonds is 5. The third kappa shape index (κ3) is 4.77. The average molecular weight is 145 g/mol. The van der Waals surface area contributed by atoms with Gasteiger partial charge in [0.2, 0.25) is 0 Å². The van der Waals surface area contributed by atoms with E-state index in [4.69, 9.17) is 9.47 Å². The molecule has 0 aromatic rings. The first-order valence-electron chi connectivity index (χ1n) is 3.63. The zero-order valence-electron chi connectivity index (χ0n) is 7.14. The highest BCUT2D eigenvalue weighted by atomic mass is 16.5. The molecule has 0 aliphatic rings. The Bertz CT molecular complexity index is 79.3. The molecule has 0 fully saturated rings. The van der Waals surface area contributed by atoms with Gasteiger partial charge in [-0.3, -0.25) is 0 Å². The van der Waals surface area contributed by atoms with E-state index in [1.165, 1.54) is 0 Å². The van der Waals surface area contributed by atoms with Crippen molar-refractivity contribution in [2.45, 2.75) is 32.8 Å². The van der Waals surface area contributed by atoms with Crippen LogP contribution in [0.15, 0.2) is 0 Å². The summed E-state index contributed by atoms with van der Waals surface area (Å²) >= 11 is 0. The predicted octanol–water partition coefficient (Wildman–Crippen LogP) is 2.00. The highest BCUT2D eigenvalue weighted by Crippen LogP contribution is 2.07. The van der Waals surface area contributed by atoms with Gasteiger partial charge in [0.05, 0.1) is 19.3 Å². The Hall–Kier alpha value is -0.0800. The van der Waals surface area contributed by atoms with Crippen LogP contribution in [0, 0.1) is 7.11 Å². The van der Waals surface area contributed by atoms with Crippen molar-refractivity contribution in [2.75, 3.05) is 13.2 Å². The largest absolute Gasteiger partial charge is 0.378 e. The minimum atomic E-state index is -0.241. The van der Waals surface area contributed by atoms with Crippen LogP contribution in [0.25, 0.3) is 0 Å². The van der Waals surface area contributed by atoms with Gasteiger partial charge in [-0.05, 0) is 20.3 Å². The minimum absolute atomic E-state index is 0.241. The van der Waals surface area contributed by atoms with Gasteiger partial charge in [-0.15, -0.1) is 0 Å². The smallest absolute Gasteiger partial charge is 0.0860 e. The van der Waals surface area contributed by atoms with Crippen LogP contribution in [0.5, 0.6) is 0 Å². The maximum absolute atomic E-state index is 5.27. The van der Waals surface area contributed by atoms with Crippen molar-refractivity contribution in [3.63, 3.8) is 0 Å². The van der Waals surface area contributed by atoms with Gasteiger partial charge >= 0.3 is 0 Å². The van der Waals surface area contributed by atoms with Crippen molar-refractivity contribution in [1.29, 1.82) is 0 Å². The van der Waals surface area contributed by atoms with Gasteiger partial charge < -0.3 is 9.47 Å². The summed E-state index contributed by atoms with van der Waals surface area (Å²) in [7, 11) is 3.36. The van der Waals surface area contributed by atoms with E-state index in [1.54, 1.807) is 0 Å². The minimum Gasteiger partial charge on any atom is -0.378 e. The van der Waals surface area contributed by atoms with Crippen molar-refractivity contribution in [3.8, 4) is 0 Å². The standard InChI is InChI=1S/C8H17O2/c1-5-6-10-7-8(2,3)9-4/h4-7H2,1-3H3. The SMILES string of the molecule is [CH2]OC(C)(C)COCCC. The molecule has 0 atom stereocenters. The summed E-state index contributed by atoms with van der Waals surface area (Å²) in [6.07, 6.45) is 1.05. The Morgan fingerprint density at radius 1 is 1.40 bits per heavy atom. The molecule has 0 aromatic heterocycles. The molecule has 2 nitrogen and oxygen atoms in total. The molecular weight excluding hydrogens is 128 g/mol. The van der Waals surface area contributed by atoms with Gasteiger partial charge in [0.1, 0.15) is 0 Å². The van der Waals surface area contributed by atoms with Crippen molar-refractivity contribution in [2.24, 2.45) is 0 Å². The highest BCUT2D eigenvalue weighted by molar-refractivity contribution is 4.66. The summed E-state index contributed by atoms with van der Waals surface area (Å²) in [5.74, 6) is 0.